The zero-order chi connectivity index (χ0) is 21.8. The number of nitrogens with zero attached hydrogens (tertiary/aromatic N) is 1. The number of rotatable bonds is 5. The van der Waals surface area contributed by atoms with Crippen molar-refractivity contribution < 1.29 is 17.6 Å². The summed E-state index contributed by atoms with van der Waals surface area (Å²) in [5.74, 6) is 0.701. The number of benzene rings is 2. The molecule has 1 saturated heterocycles. The number of piperidine rings is 1. The highest BCUT2D eigenvalue weighted by Gasteiger charge is 2.32. The minimum Gasteiger partial charge on any atom is -0.464 e. The smallest absolute Gasteiger partial charge is 0.321 e. The lowest BCUT2D eigenvalue weighted by atomic mass is 10.1. The summed E-state index contributed by atoms with van der Waals surface area (Å²) in [6, 6.07) is 18.0. The summed E-state index contributed by atoms with van der Waals surface area (Å²) < 4.78 is 31.5. The molecule has 0 bridgehead atoms. The molecule has 1 N–H and O–H groups in total. The molecule has 31 heavy (non-hydrogen) atoms. The van der Waals surface area contributed by atoms with Crippen LogP contribution in [0.2, 0.25) is 0 Å². The molecule has 0 spiro atoms. The molecule has 0 atom stereocenters. The summed E-state index contributed by atoms with van der Waals surface area (Å²) in [7, 11) is -3.45. The first kappa shape index (κ1) is 21.2. The Kier molecular flexibility index (Phi) is 6.13. The van der Waals surface area contributed by atoms with Crippen LogP contribution in [-0.2, 0) is 16.3 Å². The van der Waals surface area contributed by atoms with Crippen LogP contribution in [0.1, 0.15) is 25.3 Å². The van der Waals surface area contributed by atoms with Crippen LogP contribution in [0.5, 0.6) is 0 Å². The van der Waals surface area contributed by atoms with Crippen LogP contribution < -0.4 is 5.32 Å². The van der Waals surface area contributed by atoms with Crippen LogP contribution in [-0.4, -0.2) is 37.7 Å². The minimum atomic E-state index is -3.45. The number of furan rings is 1. The number of hydrogen-bond acceptors (Lipinski definition) is 4. The van der Waals surface area contributed by atoms with Crippen LogP contribution in [0, 0.1) is 0 Å². The Balaban J connectivity index is 1.36. The van der Waals surface area contributed by atoms with Crippen molar-refractivity contribution in [3.63, 3.8) is 0 Å². The zero-order valence-electron chi connectivity index (χ0n) is 17.5. The Morgan fingerprint density at radius 1 is 1.03 bits per heavy atom. The van der Waals surface area contributed by atoms with Gasteiger partial charge in [-0.2, -0.15) is 0 Å². The molecule has 1 aliphatic heterocycles. The van der Waals surface area contributed by atoms with Gasteiger partial charge in [-0.15, -0.1) is 0 Å². The predicted octanol–water partition coefficient (Wildman–Crippen LogP) is 4.98. The Morgan fingerprint density at radius 2 is 1.71 bits per heavy atom. The summed E-state index contributed by atoms with van der Waals surface area (Å²) in [6.45, 7) is 2.90. The first-order valence-corrected chi connectivity index (χ1v) is 12.0. The molecule has 7 heteroatoms. The minimum absolute atomic E-state index is 0.192. The summed E-state index contributed by atoms with van der Waals surface area (Å²) in [5, 5.41) is 2.41. The fourth-order valence-corrected chi connectivity index (χ4v) is 5.57. The molecule has 2 amide bonds. The van der Waals surface area contributed by atoms with Gasteiger partial charge in [0, 0.05) is 24.3 Å². The van der Waals surface area contributed by atoms with Gasteiger partial charge in [0.2, 0.25) is 0 Å². The Morgan fingerprint density at radius 3 is 2.29 bits per heavy atom. The standard InChI is InChI=1S/C24H26N2O4S/c1-2-18-5-9-20(10-6-18)25-24(27)26-15-13-22(14-16-26)31(28,29)21-11-7-19(8-12-21)23-4-3-17-30-23/h3-12,17,22H,2,13-16H2,1H3,(H,25,27). The fourth-order valence-electron chi connectivity index (χ4n) is 3.84. The predicted molar refractivity (Wildman–Crippen MR) is 121 cm³/mol. The van der Waals surface area contributed by atoms with Crippen LogP contribution in [0.25, 0.3) is 11.3 Å². The van der Waals surface area contributed by atoms with E-state index in [1.807, 2.05) is 30.3 Å². The zero-order valence-corrected chi connectivity index (χ0v) is 18.3. The fraction of sp³-hybridized carbons (Fsp3) is 0.292. The number of carbonyl (C=O) groups excluding carboxylic acids is 1. The maximum absolute atomic E-state index is 13.1. The summed E-state index contributed by atoms with van der Waals surface area (Å²) in [6.07, 6.45) is 3.38. The van der Waals surface area contributed by atoms with E-state index in [9.17, 15) is 13.2 Å². The highest BCUT2D eigenvalue weighted by atomic mass is 32.2. The van der Waals surface area contributed by atoms with Gasteiger partial charge < -0.3 is 14.6 Å². The maximum atomic E-state index is 13.1. The molecule has 1 aromatic heterocycles. The van der Waals surface area contributed by atoms with Gasteiger partial charge in [-0.1, -0.05) is 19.1 Å². The Hall–Kier alpha value is -3.06. The summed E-state index contributed by atoms with van der Waals surface area (Å²) in [4.78, 5) is 14.5. The molecule has 3 aromatic rings. The number of nitrogens with one attached hydrogen (secondary N) is 1. The van der Waals surface area contributed by atoms with Gasteiger partial charge in [0.1, 0.15) is 5.76 Å². The third kappa shape index (κ3) is 4.66. The van der Waals surface area contributed by atoms with Crippen molar-refractivity contribution in [1.29, 1.82) is 0 Å². The summed E-state index contributed by atoms with van der Waals surface area (Å²) in [5.41, 5.74) is 2.79. The van der Waals surface area contributed by atoms with Crippen molar-refractivity contribution in [2.75, 3.05) is 18.4 Å². The van der Waals surface area contributed by atoms with E-state index in [-0.39, 0.29) is 6.03 Å². The average Bonchev–Trinajstić information content (AvgIpc) is 3.35. The van der Waals surface area contributed by atoms with Crippen LogP contribution in [0.3, 0.4) is 0 Å². The second kappa shape index (κ2) is 8.98. The molecule has 1 fully saturated rings. The number of likely N-dealkylation sites (tertiary alicyclic amines) is 1. The van der Waals surface area contributed by atoms with Crippen molar-refractivity contribution in [2.24, 2.45) is 0 Å². The monoisotopic (exact) mass is 438 g/mol. The molecule has 4 rings (SSSR count). The second-order valence-electron chi connectivity index (χ2n) is 7.71. The van der Waals surface area contributed by atoms with E-state index in [1.54, 1.807) is 41.5 Å². The number of aryl methyl sites for hydroxylation is 1. The van der Waals surface area contributed by atoms with Gasteiger partial charge in [-0.25, -0.2) is 13.2 Å². The van der Waals surface area contributed by atoms with Crippen molar-refractivity contribution >= 4 is 21.6 Å². The van der Waals surface area contributed by atoms with Crippen molar-refractivity contribution in [1.82, 2.24) is 4.90 Å². The van der Waals surface area contributed by atoms with Gasteiger partial charge in [0.15, 0.2) is 9.84 Å². The first-order valence-electron chi connectivity index (χ1n) is 10.5. The first-order chi connectivity index (χ1) is 15.0. The maximum Gasteiger partial charge on any atom is 0.321 e. The summed E-state index contributed by atoms with van der Waals surface area (Å²) >= 11 is 0. The van der Waals surface area contributed by atoms with Gasteiger partial charge in [-0.05, 0) is 73.4 Å². The van der Waals surface area contributed by atoms with E-state index in [2.05, 4.69) is 12.2 Å². The van der Waals surface area contributed by atoms with E-state index in [0.29, 0.717) is 36.6 Å². The van der Waals surface area contributed by atoms with Crippen LogP contribution in [0.4, 0.5) is 10.5 Å². The van der Waals surface area contributed by atoms with Crippen LogP contribution >= 0.6 is 0 Å². The number of urea groups is 1. The molecule has 0 radical (unpaired) electrons. The molecule has 2 aromatic carbocycles. The van der Waals surface area contributed by atoms with Crippen molar-refractivity contribution in [3.05, 3.63) is 72.5 Å². The third-order valence-electron chi connectivity index (χ3n) is 5.77. The van der Waals surface area contributed by atoms with E-state index in [1.165, 1.54) is 5.56 Å². The quantitative estimate of drug-likeness (QED) is 0.609. The van der Waals surface area contributed by atoms with Crippen molar-refractivity contribution in [2.45, 2.75) is 36.3 Å². The van der Waals surface area contributed by atoms with Gasteiger partial charge >= 0.3 is 6.03 Å². The van der Waals surface area contributed by atoms with E-state index in [4.69, 9.17) is 4.42 Å². The van der Waals surface area contributed by atoms with E-state index < -0.39 is 15.1 Å². The molecule has 0 unspecified atom stereocenters. The molecule has 6 nitrogen and oxygen atoms in total. The molecule has 0 saturated carbocycles. The van der Waals surface area contributed by atoms with Gasteiger partial charge in [-0.3, -0.25) is 0 Å². The molecule has 1 aliphatic rings. The number of anilines is 1. The lowest BCUT2D eigenvalue weighted by Gasteiger charge is -2.31. The number of carbonyl (C=O) groups is 1. The number of sulfone groups is 1. The lowest BCUT2D eigenvalue weighted by Crippen LogP contribution is -2.44. The largest absolute Gasteiger partial charge is 0.464 e. The Bertz CT molecular complexity index is 1110. The molecule has 0 aliphatic carbocycles. The highest BCUT2D eigenvalue weighted by Crippen LogP contribution is 2.27. The molecule has 162 valence electrons. The van der Waals surface area contributed by atoms with Gasteiger partial charge in [0.25, 0.3) is 0 Å². The average molecular weight is 439 g/mol. The van der Waals surface area contributed by atoms with E-state index in [0.717, 1.165) is 17.7 Å². The van der Waals surface area contributed by atoms with Crippen LogP contribution in [0.15, 0.2) is 76.2 Å². The van der Waals surface area contributed by atoms with Crippen molar-refractivity contribution in [3.8, 4) is 11.3 Å². The number of hydrogen-bond donors (Lipinski definition) is 1. The Labute approximate surface area is 182 Å². The second-order valence-corrected chi connectivity index (χ2v) is 9.94. The van der Waals surface area contributed by atoms with Gasteiger partial charge in [0.05, 0.1) is 16.4 Å². The molecular weight excluding hydrogens is 412 g/mol. The third-order valence-corrected chi connectivity index (χ3v) is 8.05. The normalized spacial score (nSPS) is 15.1. The number of amides is 2. The SMILES string of the molecule is CCc1ccc(NC(=O)N2CCC(S(=O)(=O)c3ccc(-c4ccco4)cc3)CC2)cc1. The molecule has 2 heterocycles. The van der Waals surface area contributed by atoms with E-state index >= 15 is 0 Å². The lowest BCUT2D eigenvalue weighted by molar-refractivity contribution is 0.200. The highest BCUT2D eigenvalue weighted by molar-refractivity contribution is 7.92. The molecular formula is C24H26N2O4S. The topological polar surface area (TPSA) is 79.6 Å².